The standard InChI is InChI=1S/C29H28N2O2/c1-20-6-9-22(10-7-20)27-19-21(2)8-16-26(27)29(33)31-25-13-11-23(12-14-25)28(32)17-15-24-5-3-4-18-30-24/h3-14,16,18-19,28,32H,15,17H2,1-2H3,(H,31,33). The highest BCUT2D eigenvalue weighted by Gasteiger charge is 2.14. The first kappa shape index (κ1) is 22.4. The Bertz CT molecular complexity index is 1220. The molecule has 4 heteroatoms. The maximum Gasteiger partial charge on any atom is 0.256 e. The van der Waals surface area contributed by atoms with Gasteiger partial charge < -0.3 is 10.4 Å². The molecule has 0 fully saturated rings. The third-order valence-corrected chi connectivity index (χ3v) is 5.74. The number of aryl methyl sites for hydroxylation is 3. The van der Waals surface area contributed by atoms with Crippen molar-refractivity contribution >= 4 is 11.6 Å². The van der Waals surface area contributed by atoms with Crippen LogP contribution in [0.15, 0.2) is 91.1 Å². The minimum absolute atomic E-state index is 0.158. The molecule has 4 rings (SSSR count). The van der Waals surface area contributed by atoms with E-state index in [0.717, 1.165) is 27.9 Å². The summed E-state index contributed by atoms with van der Waals surface area (Å²) in [7, 11) is 0. The molecule has 0 spiro atoms. The van der Waals surface area contributed by atoms with Gasteiger partial charge in [0.15, 0.2) is 0 Å². The van der Waals surface area contributed by atoms with Crippen molar-refractivity contribution < 1.29 is 9.90 Å². The van der Waals surface area contributed by atoms with E-state index in [0.29, 0.717) is 24.1 Å². The third-order valence-electron chi connectivity index (χ3n) is 5.74. The molecule has 166 valence electrons. The predicted octanol–water partition coefficient (Wildman–Crippen LogP) is 6.28. The minimum atomic E-state index is -0.581. The number of hydrogen-bond donors (Lipinski definition) is 2. The zero-order valence-corrected chi connectivity index (χ0v) is 19.0. The van der Waals surface area contributed by atoms with Crippen molar-refractivity contribution in [1.29, 1.82) is 0 Å². The van der Waals surface area contributed by atoms with E-state index < -0.39 is 6.10 Å². The van der Waals surface area contributed by atoms with Gasteiger partial charge >= 0.3 is 0 Å². The molecular weight excluding hydrogens is 408 g/mol. The number of nitrogens with zero attached hydrogens (tertiary/aromatic N) is 1. The first-order valence-corrected chi connectivity index (χ1v) is 11.2. The molecule has 1 heterocycles. The maximum atomic E-state index is 13.1. The highest BCUT2D eigenvalue weighted by atomic mass is 16.3. The van der Waals surface area contributed by atoms with Crippen molar-refractivity contribution in [1.82, 2.24) is 4.98 Å². The zero-order chi connectivity index (χ0) is 23.2. The van der Waals surface area contributed by atoms with Crippen LogP contribution in [0.1, 0.15) is 45.3 Å². The highest BCUT2D eigenvalue weighted by Crippen LogP contribution is 2.27. The molecule has 0 aliphatic carbocycles. The summed E-state index contributed by atoms with van der Waals surface area (Å²) in [6.45, 7) is 4.07. The number of pyridine rings is 1. The van der Waals surface area contributed by atoms with Crippen LogP contribution in [0.25, 0.3) is 11.1 Å². The monoisotopic (exact) mass is 436 g/mol. The van der Waals surface area contributed by atoms with Crippen molar-refractivity contribution in [2.24, 2.45) is 0 Å². The van der Waals surface area contributed by atoms with E-state index in [1.807, 2.05) is 86.6 Å². The van der Waals surface area contributed by atoms with Crippen molar-refractivity contribution in [3.8, 4) is 11.1 Å². The number of anilines is 1. The number of aliphatic hydroxyl groups is 1. The summed E-state index contributed by atoms with van der Waals surface area (Å²) in [5, 5.41) is 13.5. The first-order chi connectivity index (χ1) is 16.0. The minimum Gasteiger partial charge on any atom is -0.388 e. The van der Waals surface area contributed by atoms with Crippen molar-refractivity contribution in [3.63, 3.8) is 0 Å². The van der Waals surface area contributed by atoms with Gasteiger partial charge in [0.05, 0.1) is 6.10 Å². The fraction of sp³-hybridized carbons (Fsp3) is 0.172. The second-order valence-electron chi connectivity index (χ2n) is 8.37. The summed E-state index contributed by atoms with van der Waals surface area (Å²) in [4.78, 5) is 17.4. The number of hydrogen-bond acceptors (Lipinski definition) is 3. The van der Waals surface area contributed by atoms with E-state index in [4.69, 9.17) is 0 Å². The van der Waals surface area contributed by atoms with E-state index >= 15 is 0 Å². The Hall–Kier alpha value is -3.76. The lowest BCUT2D eigenvalue weighted by molar-refractivity contribution is 0.102. The summed E-state index contributed by atoms with van der Waals surface area (Å²) in [5.41, 5.74) is 7.31. The summed E-state index contributed by atoms with van der Waals surface area (Å²) in [5.74, 6) is -0.158. The number of nitrogens with one attached hydrogen (secondary N) is 1. The van der Waals surface area contributed by atoms with E-state index in [2.05, 4.69) is 22.4 Å². The Labute approximate surface area is 195 Å². The zero-order valence-electron chi connectivity index (χ0n) is 19.0. The fourth-order valence-electron chi connectivity index (χ4n) is 3.81. The molecule has 1 amide bonds. The largest absolute Gasteiger partial charge is 0.388 e. The average molecular weight is 437 g/mol. The summed E-state index contributed by atoms with van der Waals surface area (Å²) < 4.78 is 0. The van der Waals surface area contributed by atoms with Gasteiger partial charge in [-0.15, -0.1) is 0 Å². The SMILES string of the molecule is Cc1ccc(-c2cc(C)ccc2C(=O)Nc2ccc(C(O)CCc3ccccn3)cc2)cc1. The van der Waals surface area contributed by atoms with Crippen LogP contribution in [0.2, 0.25) is 0 Å². The second kappa shape index (κ2) is 10.2. The quantitative estimate of drug-likeness (QED) is 0.358. The van der Waals surface area contributed by atoms with Gasteiger partial charge in [0, 0.05) is 23.1 Å². The number of aliphatic hydroxyl groups excluding tert-OH is 1. The molecule has 0 bridgehead atoms. The molecule has 1 unspecified atom stereocenters. The van der Waals surface area contributed by atoms with Crippen LogP contribution in [0.3, 0.4) is 0 Å². The Morgan fingerprint density at radius 2 is 1.64 bits per heavy atom. The van der Waals surface area contributed by atoms with Crippen LogP contribution >= 0.6 is 0 Å². The van der Waals surface area contributed by atoms with Crippen LogP contribution in [0, 0.1) is 13.8 Å². The molecule has 0 radical (unpaired) electrons. The normalized spacial score (nSPS) is 11.7. The number of carbonyl (C=O) groups excluding carboxylic acids is 1. The maximum absolute atomic E-state index is 13.1. The number of carbonyl (C=O) groups is 1. The lowest BCUT2D eigenvalue weighted by atomic mass is 9.96. The van der Waals surface area contributed by atoms with Crippen LogP contribution in [-0.2, 0) is 6.42 Å². The van der Waals surface area contributed by atoms with E-state index in [9.17, 15) is 9.90 Å². The number of aromatic nitrogens is 1. The molecule has 0 aliphatic rings. The fourth-order valence-corrected chi connectivity index (χ4v) is 3.81. The van der Waals surface area contributed by atoms with Gasteiger partial charge in [0.25, 0.3) is 5.91 Å². The van der Waals surface area contributed by atoms with Crippen molar-refractivity contribution in [3.05, 3.63) is 119 Å². The first-order valence-electron chi connectivity index (χ1n) is 11.2. The molecule has 0 saturated carbocycles. The number of amides is 1. The van der Waals surface area contributed by atoms with Crippen LogP contribution in [0.5, 0.6) is 0 Å². The van der Waals surface area contributed by atoms with E-state index in [1.54, 1.807) is 6.20 Å². The molecule has 0 aliphatic heterocycles. The Kier molecular flexibility index (Phi) is 6.96. The van der Waals surface area contributed by atoms with Crippen LogP contribution in [-0.4, -0.2) is 16.0 Å². The molecule has 2 N–H and O–H groups in total. The Balaban J connectivity index is 1.45. The topological polar surface area (TPSA) is 62.2 Å². The average Bonchev–Trinajstić information content (AvgIpc) is 2.84. The lowest BCUT2D eigenvalue weighted by Crippen LogP contribution is -2.13. The molecule has 0 saturated heterocycles. The van der Waals surface area contributed by atoms with E-state index in [-0.39, 0.29) is 5.91 Å². The van der Waals surface area contributed by atoms with Gasteiger partial charge in [-0.25, -0.2) is 0 Å². The van der Waals surface area contributed by atoms with Gasteiger partial charge in [-0.05, 0) is 73.7 Å². The summed E-state index contributed by atoms with van der Waals surface area (Å²) >= 11 is 0. The predicted molar refractivity (Wildman–Crippen MR) is 133 cm³/mol. The molecule has 4 nitrogen and oxygen atoms in total. The van der Waals surface area contributed by atoms with Gasteiger partial charge in [-0.1, -0.05) is 65.7 Å². The molecule has 3 aromatic carbocycles. The molecular formula is C29H28N2O2. The number of rotatable bonds is 7. The smallest absolute Gasteiger partial charge is 0.256 e. The third kappa shape index (κ3) is 5.73. The van der Waals surface area contributed by atoms with Gasteiger partial charge in [-0.3, -0.25) is 9.78 Å². The van der Waals surface area contributed by atoms with Gasteiger partial charge in [-0.2, -0.15) is 0 Å². The van der Waals surface area contributed by atoms with Crippen LogP contribution < -0.4 is 5.32 Å². The molecule has 4 aromatic rings. The second-order valence-corrected chi connectivity index (χ2v) is 8.37. The lowest BCUT2D eigenvalue weighted by Gasteiger charge is -2.14. The van der Waals surface area contributed by atoms with E-state index in [1.165, 1.54) is 5.56 Å². The van der Waals surface area contributed by atoms with Gasteiger partial charge in [0.1, 0.15) is 0 Å². The van der Waals surface area contributed by atoms with Crippen molar-refractivity contribution in [2.45, 2.75) is 32.8 Å². The Morgan fingerprint density at radius 1 is 0.909 bits per heavy atom. The van der Waals surface area contributed by atoms with Crippen LogP contribution in [0.4, 0.5) is 5.69 Å². The summed E-state index contributed by atoms with van der Waals surface area (Å²) in [6, 6.07) is 27.2. The summed E-state index contributed by atoms with van der Waals surface area (Å²) in [6.07, 6.45) is 2.47. The highest BCUT2D eigenvalue weighted by molar-refractivity contribution is 6.08. The molecule has 1 aromatic heterocycles. The molecule has 1 atom stereocenters. The van der Waals surface area contributed by atoms with Gasteiger partial charge in [0.2, 0.25) is 0 Å². The van der Waals surface area contributed by atoms with Crippen molar-refractivity contribution in [2.75, 3.05) is 5.32 Å². The molecule has 33 heavy (non-hydrogen) atoms. The Morgan fingerprint density at radius 3 is 2.33 bits per heavy atom. The number of benzene rings is 3.